The average Bonchev–Trinajstić information content (AvgIpc) is 2.59. The summed E-state index contributed by atoms with van der Waals surface area (Å²) in [6.07, 6.45) is 2.73. The average molecular weight is 464 g/mol. The van der Waals surface area contributed by atoms with Gasteiger partial charge >= 0.3 is 0 Å². The van der Waals surface area contributed by atoms with E-state index in [0.29, 0.717) is 6.54 Å². The van der Waals surface area contributed by atoms with Gasteiger partial charge in [-0.1, -0.05) is 17.2 Å². The molecule has 0 aliphatic rings. The van der Waals surface area contributed by atoms with Crippen molar-refractivity contribution in [2.24, 2.45) is 10.7 Å². The van der Waals surface area contributed by atoms with Gasteiger partial charge in [0.05, 0.1) is 0 Å². The van der Waals surface area contributed by atoms with Gasteiger partial charge in [0.25, 0.3) is 5.91 Å². The molecule has 0 aliphatic carbocycles. The second-order valence-corrected chi connectivity index (χ2v) is 5.99. The number of aromatic nitrogens is 2. The molecule has 1 radical (unpaired) electrons. The number of carbonyl (C=O) groups excluding carboxylic acids is 1. The quantitative estimate of drug-likeness (QED) is 0.221. The number of nitrogens with zero attached hydrogens (tertiary/aromatic N) is 3. The molecule has 1 heterocycles. The van der Waals surface area contributed by atoms with Crippen molar-refractivity contribution in [1.82, 2.24) is 15.3 Å². The number of guanidine groups is 1. The van der Waals surface area contributed by atoms with Crippen molar-refractivity contribution in [2.45, 2.75) is 19.3 Å². The van der Waals surface area contributed by atoms with Crippen LogP contribution in [-0.4, -0.2) is 28.4 Å². The third-order valence-electron chi connectivity index (χ3n) is 3.54. The zero-order valence-electron chi connectivity index (χ0n) is 14.8. The Balaban J connectivity index is 0.00000364. The van der Waals surface area contributed by atoms with Gasteiger partial charge in [-0.15, -0.1) is 12.1 Å². The van der Waals surface area contributed by atoms with Crippen LogP contribution in [0.3, 0.4) is 0 Å². The number of anilines is 2. The first-order valence-corrected chi connectivity index (χ1v) is 8.35. The summed E-state index contributed by atoms with van der Waals surface area (Å²) in [4.78, 5) is 23.7. The van der Waals surface area contributed by atoms with Crippen LogP contribution < -0.4 is 22.5 Å². The van der Waals surface area contributed by atoms with Crippen LogP contribution in [0.15, 0.2) is 29.3 Å². The number of hydrogen-bond acceptors (Lipinski definition) is 6. The van der Waals surface area contributed by atoms with E-state index < -0.39 is 5.91 Å². The molecule has 2 rings (SSSR count). The van der Waals surface area contributed by atoms with Crippen LogP contribution in [-0.2, 0) is 39.1 Å². The fourth-order valence-electron chi connectivity index (χ4n) is 2.17. The molecule has 0 fully saturated rings. The van der Waals surface area contributed by atoms with Gasteiger partial charge in [-0.25, -0.2) is 9.97 Å². The summed E-state index contributed by atoms with van der Waals surface area (Å²) in [5, 5.41) is 2.29. The number of halogens is 1. The molecule has 0 saturated heterocycles. The Kier molecular flexibility index (Phi) is 9.48. The Bertz CT molecular complexity index is 812. The molecule has 1 aromatic carbocycles. The van der Waals surface area contributed by atoms with Crippen molar-refractivity contribution in [2.75, 3.05) is 18.0 Å². The summed E-state index contributed by atoms with van der Waals surface area (Å²) in [6.45, 7) is 4.34. The van der Waals surface area contributed by atoms with Crippen molar-refractivity contribution in [1.29, 1.82) is 0 Å². The van der Waals surface area contributed by atoms with E-state index in [0.717, 1.165) is 24.8 Å². The van der Waals surface area contributed by atoms with E-state index in [1.54, 1.807) is 0 Å². The van der Waals surface area contributed by atoms with Crippen molar-refractivity contribution < 1.29 is 37.5 Å². The Labute approximate surface area is 188 Å². The number of nitrogens with two attached hydrogens (primary N) is 3. The van der Waals surface area contributed by atoms with Crippen molar-refractivity contribution >= 4 is 35.1 Å². The standard InChI is InChI=1S/C17H21ClN7O.Y/c1-10-5-7-11(8-6-10)4-2-3-9-22-17(21)25-16(26)12-14(19)24-15(20)13(18)23-12;/h5-8H,1-4,9H2,(H4,19,20,24)(H3,21,22,25,26);/q-1;. The second-order valence-electron chi connectivity index (χ2n) is 5.63. The van der Waals surface area contributed by atoms with E-state index in [9.17, 15) is 4.79 Å². The van der Waals surface area contributed by atoms with Crippen LogP contribution >= 0.6 is 11.6 Å². The normalized spacial score (nSPS) is 10.9. The summed E-state index contributed by atoms with van der Waals surface area (Å²) in [5.41, 5.74) is 18.9. The second kappa shape index (κ2) is 11.1. The minimum Gasteiger partial charge on any atom is -0.382 e. The van der Waals surface area contributed by atoms with Gasteiger partial charge in [0.15, 0.2) is 28.4 Å². The van der Waals surface area contributed by atoms with Crippen LogP contribution in [0.25, 0.3) is 0 Å². The Morgan fingerprint density at radius 2 is 1.81 bits per heavy atom. The number of nitrogens with one attached hydrogen (secondary N) is 1. The number of hydrogen-bond donors (Lipinski definition) is 4. The van der Waals surface area contributed by atoms with Gasteiger partial charge in [0, 0.05) is 39.3 Å². The van der Waals surface area contributed by atoms with Gasteiger partial charge in [0.1, 0.15) is 0 Å². The SMILES string of the molecule is [CH2-]c1ccc(CCCCN=C(N)NC(=O)c2nc(Cl)c(N)nc2N)cc1.[Y]. The number of aliphatic imine (C=N–C) groups is 1. The predicted molar refractivity (Wildman–Crippen MR) is 104 cm³/mol. The van der Waals surface area contributed by atoms with Crippen molar-refractivity contribution in [3.05, 3.63) is 53.2 Å². The van der Waals surface area contributed by atoms with E-state index in [1.807, 2.05) is 12.1 Å². The van der Waals surface area contributed by atoms with Crippen molar-refractivity contribution in [3.63, 3.8) is 0 Å². The van der Waals surface area contributed by atoms with E-state index in [4.69, 9.17) is 28.8 Å². The van der Waals surface area contributed by atoms with Crippen LogP contribution in [0.2, 0.25) is 5.15 Å². The third-order valence-corrected chi connectivity index (χ3v) is 3.82. The molecule has 27 heavy (non-hydrogen) atoms. The summed E-state index contributed by atoms with van der Waals surface area (Å²) >= 11 is 5.74. The van der Waals surface area contributed by atoms with Gasteiger partial charge in [0.2, 0.25) is 0 Å². The number of unbranched alkanes of at least 4 members (excludes halogenated alkanes) is 1. The Morgan fingerprint density at radius 3 is 2.48 bits per heavy atom. The fourth-order valence-corrected chi connectivity index (χ4v) is 2.30. The number of nitrogen functional groups attached to an aromatic ring is 2. The molecule has 0 saturated carbocycles. The van der Waals surface area contributed by atoms with Gasteiger partial charge in [-0.3, -0.25) is 15.1 Å². The topological polar surface area (TPSA) is 145 Å². The summed E-state index contributed by atoms with van der Waals surface area (Å²) in [7, 11) is 0. The van der Waals surface area contributed by atoms with Gasteiger partial charge < -0.3 is 17.2 Å². The Hall–Kier alpha value is -1.90. The molecule has 0 bridgehead atoms. The molecule has 10 heteroatoms. The number of rotatable bonds is 6. The van der Waals surface area contributed by atoms with E-state index in [2.05, 4.69) is 39.3 Å². The summed E-state index contributed by atoms with van der Waals surface area (Å²) in [6, 6.07) is 8.09. The molecular formula is C17H21ClN7OY-. The number of aryl methyl sites for hydroxylation is 1. The summed E-state index contributed by atoms with van der Waals surface area (Å²) in [5.74, 6) is -0.852. The van der Waals surface area contributed by atoms with E-state index in [1.165, 1.54) is 5.56 Å². The van der Waals surface area contributed by atoms with E-state index in [-0.39, 0.29) is 61.2 Å². The third kappa shape index (κ3) is 7.32. The molecule has 1 aromatic heterocycles. The Morgan fingerprint density at radius 1 is 1.15 bits per heavy atom. The first-order valence-electron chi connectivity index (χ1n) is 7.97. The fraction of sp³-hybridized carbons (Fsp3) is 0.235. The van der Waals surface area contributed by atoms with Crippen LogP contribution in [0, 0.1) is 6.92 Å². The molecule has 0 spiro atoms. The zero-order chi connectivity index (χ0) is 19.1. The largest absolute Gasteiger partial charge is 0.382 e. The molecular weight excluding hydrogens is 443 g/mol. The number of amides is 1. The molecule has 1 amide bonds. The molecule has 0 atom stereocenters. The van der Waals surface area contributed by atoms with Gasteiger partial charge in [-0.2, -0.15) is 24.6 Å². The van der Waals surface area contributed by atoms with E-state index >= 15 is 0 Å². The monoisotopic (exact) mass is 463 g/mol. The first kappa shape index (κ1) is 23.1. The molecule has 8 nitrogen and oxygen atoms in total. The minimum absolute atomic E-state index is 0. The predicted octanol–water partition coefficient (Wildman–Crippen LogP) is 1.54. The maximum absolute atomic E-state index is 12.1. The minimum atomic E-state index is -0.647. The summed E-state index contributed by atoms with van der Waals surface area (Å²) < 4.78 is 0. The molecule has 7 N–H and O–H groups in total. The maximum Gasteiger partial charge on any atom is 0.280 e. The molecule has 0 aliphatic heterocycles. The van der Waals surface area contributed by atoms with Crippen LogP contribution in [0.5, 0.6) is 0 Å². The molecule has 0 unspecified atom stereocenters. The molecule has 2 aromatic rings. The van der Waals surface area contributed by atoms with Crippen LogP contribution in [0.1, 0.15) is 34.5 Å². The maximum atomic E-state index is 12.1. The van der Waals surface area contributed by atoms with Crippen molar-refractivity contribution in [3.8, 4) is 0 Å². The molecule has 141 valence electrons. The number of benzene rings is 1. The van der Waals surface area contributed by atoms with Crippen LogP contribution in [0.4, 0.5) is 11.6 Å². The smallest absolute Gasteiger partial charge is 0.280 e. The first-order chi connectivity index (χ1) is 12.4. The zero-order valence-corrected chi connectivity index (χ0v) is 18.4. The van der Waals surface area contributed by atoms with Gasteiger partial charge in [-0.05, 0) is 19.3 Å². The number of carbonyl (C=O) groups is 1.